The number of hydrogen-bond donors (Lipinski definition) is 1. The minimum Gasteiger partial charge on any atom is -0.481 e. The zero-order valence-electron chi connectivity index (χ0n) is 13.3. The zero-order valence-corrected chi connectivity index (χ0v) is 13.3. The van der Waals surface area contributed by atoms with Gasteiger partial charge in [-0.2, -0.15) is 0 Å². The number of ether oxygens (including phenoxy) is 1. The van der Waals surface area contributed by atoms with Gasteiger partial charge in [0.05, 0.1) is 19.0 Å². The van der Waals surface area contributed by atoms with Gasteiger partial charge in [0.1, 0.15) is 0 Å². The molecule has 0 fully saturated rings. The summed E-state index contributed by atoms with van der Waals surface area (Å²) in [4.78, 5) is 30.0. The minimum atomic E-state index is -0.196. The van der Waals surface area contributed by atoms with Gasteiger partial charge in [0.25, 0.3) is 5.91 Å². The van der Waals surface area contributed by atoms with Crippen LogP contribution < -0.4 is 10.1 Å². The van der Waals surface area contributed by atoms with Crippen molar-refractivity contribution in [3.05, 3.63) is 60.3 Å². The summed E-state index contributed by atoms with van der Waals surface area (Å²) in [5, 5.41) is 2.74. The van der Waals surface area contributed by atoms with Crippen LogP contribution in [0.3, 0.4) is 0 Å². The lowest BCUT2D eigenvalue weighted by Crippen LogP contribution is -2.27. The van der Waals surface area contributed by atoms with Crippen LogP contribution in [0.25, 0.3) is 5.70 Å². The number of aromatic nitrogens is 1. The second-order valence-corrected chi connectivity index (χ2v) is 5.34. The molecule has 0 aliphatic carbocycles. The lowest BCUT2D eigenvalue weighted by molar-refractivity contribution is -0.116. The molecule has 3 rings (SSSR count). The maximum atomic E-state index is 12.4. The summed E-state index contributed by atoms with van der Waals surface area (Å²) < 4.78 is 4.97. The highest BCUT2D eigenvalue weighted by Crippen LogP contribution is 2.31. The fourth-order valence-electron chi connectivity index (χ4n) is 2.58. The number of amides is 2. The number of benzene rings is 1. The Hall–Kier alpha value is -3.15. The molecule has 0 radical (unpaired) electrons. The Morgan fingerprint density at radius 3 is 2.62 bits per heavy atom. The Labute approximate surface area is 139 Å². The van der Waals surface area contributed by atoms with Gasteiger partial charge >= 0.3 is 0 Å². The van der Waals surface area contributed by atoms with E-state index in [-0.39, 0.29) is 24.8 Å². The molecule has 0 bridgehead atoms. The van der Waals surface area contributed by atoms with E-state index in [0.29, 0.717) is 22.8 Å². The van der Waals surface area contributed by atoms with Crippen LogP contribution in [0.15, 0.2) is 49.2 Å². The van der Waals surface area contributed by atoms with Gasteiger partial charge in [0, 0.05) is 35.9 Å². The summed E-state index contributed by atoms with van der Waals surface area (Å²) in [5.41, 5.74) is 2.66. The molecule has 6 nitrogen and oxygen atoms in total. The highest BCUT2D eigenvalue weighted by Gasteiger charge is 2.30. The van der Waals surface area contributed by atoms with Gasteiger partial charge in [0.15, 0.2) is 0 Å². The van der Waals surface area contributed by atoms with Crippen LogP contribution in [0.5, 0.6) is 5.88 Å². The number of hydrogen-bond acceptors (Lipinski definition) is 4. The third-order valence-corrected chi connectivity index (χ3v) is 3.83. The second-order valence-electron chi connectivity index (χ2n) is 5.34. The highest BCUT2D eigenvalue weighted by molar-refractivity contribution is 6.09. The monoisotopic (exact) mass is 323 g/mol. The molecule has 2 amide bonds. The van der Waals surface area contributed by atoms with Gasteiger partial charge in [-0.1, -0.05) is 24.8 Å². The number of anilines is 1. The van der Waals surface area contributed by atoms with Crippen molar-refractivity contribution in [1.29, 1.82) is 0 Å². The van der Waals surface area contributed by atoms with E-state index in [1.54, 1.807) is 18.2 Å². The molecule has 2 aromatic rings. The molecule has 122 valence electrons. The van der Waals surface area contributed by atoms with Crippen LogP contribution in [0.2, 0.25) is 0 Å². The van der Waals surface area contributed by atoms with Crippen LogP contribution in [-0.2, 0) is 4.79 Å². The Morgan fingerprint density at radius 2 is 2.00 bits per heavy atom. The first-order valence-electron chi connectivity index (χ1n) is 7.50. The van der Waals surface area contributed by atoms with E-state index in [1.165, 1.54) is 18.2 Å². The maximum absolute atomic E-state index is 12.4. The molecule has 1 aliphatic heterocycles. The number of carbonyl (C=O) groups excluding carboxylic acids is 2. The minimum absolute atomic E-state index is 0.116. The number of methoxy groups -OCH3 is 1. The number of nitrogens with zero attached hydrogens (tertiary/aromatic N) is 2. The molecular weight excluding hydrogens is 306 g/mol. The zero-order chi connectivity index (χ0) is 17.1. The van der Waals surface area contributed by atoms with E-state index in [4.69, 9.17) is 4.74 Å². The molecule has 6 heteroatoms. The van der Waals surface area contributed by atoms with E-state index in [9.17, 15) is 9.59 Å². The first kappa shape index (κ1) is 15.7. The van der Waals surface area contributed by atoms with E-state index in [0.717, 1.165) is 5.56 Å². The van der Waals surface area contributed by atoms with Crippen molar-refractivity contribution in [1.82, 2.24) is 9.88 Å². The molecule has 1 aromatic carbocycles. The predicted octanol–water partition coefficient (Wildman–Crippen LogP) is 2.55. The first-order valence-corrected chi connectivity index (χ1v) is 7.50. The van der Waals surface area contributed by atoms with Crippen LogP contribution in [-0.4, -0.2) is 35.4 Å². The van der Waals surface area contributed by atoms with Gasteiger partial charge in [-0.3, -0.25) is 9.59 Å². The van der Waals surface area contributed by atoms with Crippen molar-refractivity contribution >= 4 is 23.2 Å². The Morgan fingerprint density at radius 1 is 1.25 bits per heavy atom. The summed E-state index contributed by atoms with van der Waals surface area (Å²) in [6.45, 7) is 4.24. The summed E-state index contributed by atoms with van der Waals surface area (Å²) >= 11 is 0. The molecule has 0 spiro atoms. The molecule has 1 aliphatic rings. The van der Waals surface area contributed by atoms with Crippen LogP contribution in [0, 0.1) is 0 Å². The average Bonchev–Trinajstić information content (AvgIpc) is 2.85. The van der Waals surface area contributed by atoms with Crippen molar-refractivity contribution in [2.45, 2.75) is 6.42 Å². The first-order chi connectivity index (χ1) is 11.6. The third kappa shape index (κ3) is 2.99. The van der Waals surface area contributed by atoms with Gasteiger partial charge in [-0.25, -0.2) is 4.98 Å². The third-order valence-electron chi connectivity index (χ3n) is 3.83. The quantitative estimate of drug-likeness (QED) is 0.918. The molecule has 1 aromatic heterocycles. The van der Waals surface area contributed by atoms with Crippen molar-refractivity contribution in [3.8, 4) is 5.88 Å². The Bertz CT molecular complexity index is 764. The second kappa shape index (κ2) is 6.54. The molecule has 24 heavy (non-hydrogen) atoms. The van der Waals surface area contributed by atoms with Gasteiger partial charge in [-0.15, -0.1) is 0 Å². The summed E-state index contributed by atoms with van der Waals surface area (Å²) in [5.74, 6) is 0.165. The van der Waals surface area contributed by atoms with Gasteiger partial charge in [-0.05, 0) is 12.1 Å². The number of fused-ring (bicyclic) bond motifs is 1. The lowest BCUT2D eigenvalue weighted by Gasteiger charge is -2.17. The van der Waals surface area contributed by atoms with E-state index in [1.807, 2.05) is 18.2 Å². The molecule has 0 unspecified atom stereocenters. The topological polar surface area (TPSA) is 71.5 Å². The molecular formula is C18H17N3O3. The molecule has 1 N–H and O–H groups in total. The fourth-order valence-corrected chi connectivity index (χ4v) is 2.58. The Kier molecular flexibility index (Phi) is 4.29. The van der Waals surface area contributed by atoms with E-state index < -0.39 is 0 Å². The van der Waals surface area contributed by atoms with Crippen LogP contribution >= 0.6 is 0 Å². The van der Waals surface area contributed by atoms with Crippen molar-refractivity contribution < 1.29 is 14.3 Å². The molecule has 0 atom stereocenters. The average molecular weight is 323 g/mol. The SMILES string of the molecule is C=C1c2ccccc2C(=O)N1CCC(=O)Nc1ccc(OC)nc1. The largest absolute Gasteiger partial charge is 0.481 e. The molecule has 0 saturated carbocycles. The van der Waals surface area contributed by atoms with Gasteiger partial charge < -0.3 is 15.0 Å². The number of pyridine rings is 1. The smallest absolute Gasteiger partial charge is 0.258 e. The van der Waals surface area contributed by atoms with Crippen molar-refractivity contribution in [2.24, 2.45) is 0 Å². The lowest BCUT2D eigenvalue weighted by atomic mass is 10.1. The standard InChI is InChI=1S/C18H17N3O3/c1-12-14-5-3-4-6-15(14)18(23)21(12)10-9-16(22)20-13-7-8-17(24-2)19-11-13/h3-8,11H,1,9-10H2,2H3,(H,20,22). The Balaban J connectivity index is 1.59. The highest BCUT2D eigenvalue weighted by atomic mass is 16.5. The predicted molar refractivity (Wildman–Crippen MR) is 90.5 cm³/mol. The summed E-state index contributed by atoms with van der Waals surface area (Å²) in [6, 6.07) is 10.7. The van der Waals surface area contributed by atoms with Crippen LogP contribution in [0.1, 0.15) is 22.3 Å². The van der Waals surface area contributed by atoms with Crippen LogP contribution in [0.4, 0.5) is 5.69 Å². The van der Waals surface area contributed by atoms with Gasteiger partial charge in [0.2, 0.25) is 11.8 Å². The van der Waals surface area contributed by atoms with E-state index >= 15 is 0 Å². The fraction of sp³-hybridized carbons (Fsp3) is 0.167. The maximum Gasteiger partial charge on any atom is 0.258 e. The summed E-state index contributed by atoms with van der Waals surface area (Å²) in [6.07, 6.45) is 1.69. The molecule has 2 heterocycles. The number of carbonyl (C=O) groups is 2. The normalized spacial score (nSPS) is 13.0. The van der Waals surface area contributed by atoms with E-state index in [2.05, 4.69) is 16.9 Å². The van der Waals surface area contributed by atoms with Crippen molar-refractivity contribution in [2.75, 3.05) is 19.0 Å². The van der Waals surface area contributed by atoms with Crippen molar-refractivity contribution in [3.63, 3.8) is 0 Å². The molecule has 0 saturated heterocycles. The number of nitrogens with one attached hydrogen (secondary N) is 1. The number of rotatable bonds is 5. The summed E-state index contributed by atoms with van der Waals surface area (Å²) in [7, 11) is 1.53.